The maximum absolute atomic E-state index is 5.90. The van der Waals surface area contributed by atoms with Crippen LogP contribution in [-0.4, -0.2) is 12.5 Å². The van der Waals surface area contributed by atoms with Gasteiger partial charge in [-0.05, 0) is 24.1 Å². The van der Waals surface area contributed by atoms with Crippen molar-refractivity contribution in [3.05, 3.63) is 30.0 Å². The third-order valence-electron chi connectivity index (χ3n) is 2.80. The molecule has 0 amide bonds. The molecule has 1 aliphatic rings. The van der Waals surface area contributed by atoms with E-state index in [0.29, 0.717) is 6.00 Å². The molecule has 2 aromatic rings. The van der Waals surface area contributed by atoms with Crippen molar-refractivity contribution in [2.75, 3.05) is 17.4 Å². The zero-order valence-electron chi connectivity index (χ0n) is 7.66. The molecule has 3 rings (SSSR count). The zero-order valence-corrected chi connectivity index (χ0v) is 8.42. The summed E-state index contributed by atoms with van der Waals surface area (Å²) < 4.78 is 5.37. The van der Waals surface area contributed by atoms with E-state index in [1.54, 1.807) is 6.26 Å². The molecule has 0 N–H and O–H groups in total. The highest BCUT2D eigenvalue weighted by Crippen LogP contribution is 2.36. The van der Waals surface area contributed by atoms with Crippen molar-refractivity contribution in [3.63, 3.8) is 0 Å². The van der Waals surface area contributed by atoms with E-state index in [9.17, 15) is 0 Å². The molecule has 1 aliphatic heterocycles. The standard InChI is InChI=1S/C11H10ClNO/c12-7-13-5-3-8-1-2-10-9(11(8)13)4-6-14-10/h1-2,4,6H,3,5,7H2. The normalized spacial score (nSPS) is 15.1. The molecular formula is C11H10ClNO. The van der Waals surface area contributed by atoms with Crippen molar-refractivity contribution in [1.82, 2.24) is 0 Å². The lowest BCUT2D eigenvalue weighted by molar-refractivity contribution is 0.616. The number of hydrogen-bond acceptors (Lipinski definition) is 2. The molecule has 0 aliphatic carbocycles. The van der Waals surface area contributed by atoms with Gasteiger partial charge in [-0.1, -0.05) is 6.07 Å². The van der Waals surface area contributed by atoms with E-state index in [1.807, 2.05) is 12.1 Å². The minimum Gasteiger partial charge on any atom is -0.464 e. The van der Waals surface area contributed by atoms with Gasteiger partial charge in [0.05, 0.1) is 18.0 Å². The van der Waals surface area contributed by atoms with Crippen LogP contribution < -0.4 is 4.90 Å². The van der Waals surface area contributed by atoms with Crippen LogP contribution in [0.15, 0.2) is 28.9 Å². The van der Waals surface area contributed by atoms with Gasteiger partial charge in [0.1, 0.15) is 5.58 Å². The van der Waals surface area contributed by atoms with Crippen LogP contribution in [0.2, 0.25) is 0 Å². The summed E-state index contributed by atoms with van der Waals surface area (Å²) in [7, 11) is 0. The van der Waals surface area contributed by atoms with Gasteiger partial charge >= 0.3 is 0 Å². The maximum Gasteiger partial charge on any atom is 0.135 e. The van der Waals surface area contributed by atoms with Crippen molar-refractivity contribution < 1.29 is 4.42 Å². The van der Waals surface area contributed by atoms with Crippen LogP contribution in [0.3, 0.4) is 0 Å². The Labute approximate surface area is 87.1 Å². The first-order valence-corrected chi connectivity index (χ1v) is 5.23. The molecule has 72 valence electrons. The van der Waals surface area contributed by atoms with Gasteiger partial charge in [-0.25, -0.2) is 0 Å². The molecule has 0 fully saturated rings. The first kappa shape index (κ1) is 8.18. The molecule has 3 heteroatoms. The summed E-state index contributed by atoms with van der Waals surface area (Å²) in [6, 6.07) is 6.73. The Balaban J connectivity index is 2.32. The monoisotopic (exact) mass is 207 g/mol. The van der Waals surface area contributed by atoms with Gasteiger partial charge < -0.3 is 9.32 Å². The Kier molecular flexibility index (Phi) is 1.71. The van der Waals surface area contributed by atoms with E-state index in [4.69, 9.17) is 16.0 Å². The zero-order chi connectivity index (χ0) is 9.54. The lowest BCUT2D eigenvalue weighted by atomic mass is 10.1. The molecule has 2 nitrogen and oxygen atoms in total. The summed E-state index contributed by atoms with van der Waals surface area (Å²) in [5.41, 5.74) is 3.58. The first-order valence-electron chi connectivity index (χ1n) is 4.70. The predicted molar refractivity (Wildman–Crippen MR) is 58.0 cm³/mol. The minimum atomic E-state index is 0.553. The minimum absolute atomic E-state index is 0.553. The molecule has 2 heterocycles. The number of benzene rings is 1. The van der Waals surface area contributed by atoms with Gasteiger partial charge in [0.15, 0.2) is 0 Å². The van der Waals surface area contributed by atoms with Crippen LogP contribution >= 0.6 is 11.6 Å². The van der Waals surface area contributed by atoms with Gasteiger partial charge in [0.25, 0.3) is 0 Å². The SMILES string of the molecule is ClCN1CCc2ccc3occc3c21. The van der Waals surface area contributed by atoms with Crippen molar-refractivity contribution >= 4 is 28.3 Å². The third-order valence-corrected chi connectivity index (χ3v) is 3.09. The molecule has 0 saturated carbocycles. The third kappa shape index (κ3) is 0.976. The fraction of sp³-hybridized carbons (Fsp3) is 0.273. The molecule has 0 atom stereocenters. The Hall–Kier alpha value is -1.15. The predicted octanol–water partition coefficient (Wildman–Crippen LogP) is 2.99. The maximum atomic E-state index is 5.90. The second-order valence-corrected chi connectivity index (χ2v) is 3.78. The van der Waals surface area contributed by atoms with E-state index in [2.05, 4.69) is 11.0 Å². The lowest BCUT2D eigenvalue weighted by Gasteiger charge is -2.15. The number of rotatable bonds is 1. The van der Waals surface area contributed by atoms with Crippen LogP contribution in [0, 0.1) is 0 Å². The molecule has 0 bridgehead atoms. The molecular weight excluding hydrogens is 198 g/mol. The summed E-state index contributed by atoms with van der Waals surface area (Å²) in [5.74, 6) is 0. The summed E-state index contributed by atoms with van der Waals surface area (Å²) in [5, 5.41) is 1.18. The number of halogens is 1. The number of fused-ring (bicyclic) bond motifs is 3. The summed E-state index contributed by atoms with van der Waals surface area (Å²) in [6.45, 7) is 1.02. The topological polar surface area (TPSA) is 16.4 Å². The summed E-state index contributed by atoms with van der Waals surface area (Å²) >= 11 is 5.90. The van der Waals surface area contributed by atoms with Crippen LogP contribution in [0.25, 0.3) is 11.0 Å². The van der Waals surface area contributed by atoms with E-state index in [1.165, 1.54) is 16.6 Å². The van der Waals surface area contributed by atoms with Crippen LogP contribution in [0.1, 0.15) is 5.56 Å². The Morgan fingerprint density at radius 1 is 1.36 bits per heavy atom. The number of anilines is 1. The second kappa shape index (κ2) is 2.92. The molecule has 0 spiro atoms. The van der Waals surface area contributed by atoms with E-state index in [0.717, 1.165) is 18.5 Å². The molecule has 0 saturated heterocycles. The number of hydrogen-bond donors (Lipinski definition) is 0. The smallest absolute Gasteiger partial charge is 0.135 e. The average molecular weight is 208 g/mol. The van der Waals surface area contributed by atoms with Gasteiger partial charge in [-0.15, -0.1) is 11.6 Å². The number of nitrogens with zero attached hydrogens (tertiary/aromatic N) is 1. The average Bonchev–Trinajstić information content (AvgIpc) is 2.82. The highest BCUT2D eigenvalue weighted by molar-refractivity contribution is 6.19. The van der Waals surface area contributed by atoms with Crippen molar-refractivity contribution in [3.8, 4) is 0 Å². The van der Waals surface area contributed by atoms with Crippen LogP contribution in [0.4, 0.5) is 5.69 Å². The Morgan fingerprint density at radius 2 is 2.29 bits per heavy atom. The lowest BCUT2D eigenvalue weighted by Crippen LogP contribution is -2.17. The fourth-order valence-corrected chi connectivity index (χ4v) is 2.37. The molecule has 0 radical (unpaired) electrons. The second-order valence-electron chi connectivity index (χ2n) is 3.54. The highest BCUT2D eigenvalue weighted by atomic mass is 35.5. The first-order chi connectivity index (χ1) is 6.90. The van der Waals surface area contributed by atoms with Gasteiger partial charge in [-0.3, -0.25) is 0 Å². The number of alkyl halides is 1. The number of furan rings is 1. The van der Waals surface area contributed by atoms with Crippen LogP contribution in [0.5, 0.6) is 0 Å². The summed E-state index contributed by atoms with van der Waals surface area (Å²) in [4.78, 5) is 2.19. The molecule has 1 aromatic heterocycles. The molecule has 1 aromatic carbocycles. The van der Waals surface area contributed by atoms with Crippen LogP contribution in [-0.2, 0) is 6.42 Å². The fourth-order valence-electron chi connectivity index (χ4n) is 2.14. The Bertz CT molecular complexity index is 477. The van der Waals surface area contributed by atoms with Gasteiger partial charge in [0.2, 0.25) is 0 Å². The van der Waals surface area contributed by atoms with Crippen molar-refractivity contribution in [1.29, 1.82) is 0 Å². The quantitative estimate of drug-likeness (QED) is 0.528. The van der Waals surface area contributed by atoms with Crippen molar-refractivity contribution in [2.45, 2.75) is 6.42 Å². The van der Waals surface area contributed by atoms with Gasteiger partial charge in [0, 0.05) is 11.9 Å². The Morgan fingerprint density at radius 3 is 3.14 bits per heavy atom. The molecule has 14 heavy (non-hydrogen) atoms. The highest BCUT2D eigenvalue weighted by Gasteiger charge is 2.21. The van der Waals surface area contributed by atoms with E-state index >= 15 is 0 Å². The molecule has 0 unspecified atom stereocenters. The van der Waals surface area contributed by atoms with Gasteiger partial charge in [-0.2, -0.15) is 0 Å². The van der Waals surface area contributed by atoms with E-state index < -0.39 is 0 Å². The summed E-state index contributed by atoms with van der Waals surface area (Å²) in [6.07, 6.45) is 2.82. The largest absolute Gasteiger partial charge is 0.464 e. The van der Waals surface area contributed by atoms with E-state index in [-0.39, 0.29) is 0 Å². The van der Waals surface area contributed by atoms with Crippen molar-refractivity contribution in [2.24, 2.45) is 0 Å².